The van der Waals surface area contributed by atoms with E-state index < -0.39 is 0 Å². The molecular weight excluding hydrogens is 286 g/mol. The van der Waals surface area contributed by atoms with Crippen LogP contribution in [-0.4, -0.2) is 12.5 Å². The number of aryl methyl sites for hydroxylation is 2. The number of nitrogens with one attached hydrogen (secondary N) is 1. The average Bonchev–Trinajstić information content (AvgIpc) is 2.53. The zero-order valence-corrected chi connectivity index (χ0v) is 14.3. The van der Waals surface area contributed by atoms with Crippen molar-refractivity contribution in [1.29, 1.82) is 0 Å². The first kappa shape index (κ1) is 17.1. The number of amides is 1. The van der Waals surface area contributed by atoms with Crippen molar-refractivity contribution in [3.63, 3.8) is 0 Å². The van der Waals surface area contributed by atoms with Crippen molar-refractivity contribution >= 4 is 11.6 Å². The highest BCUT2D eigenvalue weighted by molar-refractivity contribution is 5.91. The van der Waals surface area contributed by atoms with Gasteiger partial charge in [-0.15, -0.1) is 0 Å². The molecule has 0 spiro atoms. The highest BCUT2D eigenvalue weighted by atomic mass is 16.5. The molecule has 0 saturated heterocycles. The third kappa shape index (κ3) is 4.85. The fourth-order valence-corrected chi connectivity index (χ4v) is 2.41. The molecule has 0 heterocycles. The third-order valence-electron chi connectivity index (χ3n) is 3.80. The summed E-state index contributed by atoms with van der Waals surface area (Å²) in [7, 11) is 0. The Bertz CT molecular complexity index is 660. The van der Waals surface area contributed by atoms with E-state index in [1.54, 1.807) is 0 Å². The molecule has 2 aromatic carbocycles. The molecule has 2 aromatic rings. The third-order valence-corrected chi connectivity index (χ3v) is 3.80. The van der Waals surface area contributed by atoms with E-state index >= 15 is 0 Å². The normalized spacial score (nSPS) is 10.7. The first-order valence-corrected chi connectivity index (χ1v) is 8.11. The highest BCUT2D eigenvalue weighted by Crippen LogP contribution is 2.27. The van der Waals surface area contributed by atoms with Crippen LogP contribution in [0.5, 0.6) is 5.75 Å². The molecule has 0 aliphatic carbocycles. The Kier molecular flexibility index (Phi) is 5.80. The largest absolute Gasteiger partial charge is 0.483 e. The maximum atomic E-state index is 12.1. The van der Waals surface area contributed by atoms with Crippen LogP contribution in [0.4, 0.5) is 5.69 Å². The summed E-state index contributed by atoms with van der Waals surface area (Å²) in [6, 6.07) is 14.0. The van der Waals surface area contributed by atoms with E-state index in [9.17, 15) is 4.79 Å². The molecule has 1 amide bonds. The van der Waals surface area contributed by atoms with Crippen molar-refractivity contribution < 1.29 is 9.53 Å². The Morgan fingerprint density at radius 2 is 1.83 bits per heavy atom. The first-order chi connectivity index (χ1) is 11.0. The lowest BCUT2D eigenvalue weighted by atomic mass is 10.0. The minimum atomic E-state index is -0.148. The molecular formula is C20H25NO2. The minimum absolute atomic E-state index is 0.0126. The maximum Gasteiger partial charge on any atom is 0.262 e. The second-order valence-corrected chi connectivity index (χ2v) is 6.08. The van der Waals surface area contributed by atoms with E-state index in [1.165, 1.54) is 5.56 Å². The van der Waals surface area contributed by atoms with E-state index in [0.717, 1.165) is 29.0 Å². The maximum absolute atomic E-state index is 12.1. The second-order valence-electron chi connectivity index (χ2n) is 6.08. The van der Waals surface area contributed by atoms with Gasteiger partial charge in [0.2, 0.25) is 0 Å². The van der Waals surface area contributed by atoms with Crippen molar-refractivity contribution in [1.82, 2.24) is 0 Å². The van der Waals surface area contributed by atoms with Crippen LogP contribution >= 0.6 is 0 Å². The minimum Gasteiger partial charge on any atom is -0.483 e. The molecule has 3 nitrogen and oxygen atoms in total. The van der Waals surface area contributed by atoms with Crippen LogP contribution in [0.25, 0.3) is 0 Å². The molecule has 0 bridgehead atoms. The van der Waals surface area contributed by atoms with Crippen molar-refractivity contribution in [3.8, 4) is 5.75 Å². The molecule has 0 fully saturated rings. The fraction of sp³-hybridized carbons (Fsp3) is 0.350. The Labute approximate surface area is 138 Å². The lowest BCUT2D eigenvalue weighted by Gasteiger charge is -2.15. The van der Waals surface area contributed by atoms with Crippen LogP contribution in [0.2, 0.25) is 0 Å². The topological polar surface area (TPSA) is 38.3 Å². The smallest absolute Gasteiger partial charge is 0.262 e. The van der Waals surface area contributed by atoms with Crippen molar-refractivity contribution in [2.75, 3.05) is 11.9 Å². The molecule has 23 heavy (non-hydrogen) atoms. The monoisotopic (exact) mass is 311 g/mol. The van der Waals surface area contributed by atoms with E-state index in [2.05, 4.69) is 38.2 Å². The molecule has 3 heteroatoms. The van der Waals surface area contributed by atoms with Gasteiger partial charge in [-0.1, -0.05) is 45.0 Å². The van der Waals surface area contributed by atoms with Crippen molar-refractivity contribution in [2.45, 2.75) is 40.0 Å². The van der Waals surface area contributed by atoms with Gasteiger partial charge in [-0.05, 0) is 54.2 Å². The van der Waals surface area contributed by atoms with E-state index in [1.807, 2.05) is 37.3 Å². The van der Waals surface area contributed by atoms with Crippen LogP contribution in [0, 0.1) is 6.92 Å². The molecule has 0 saturated carbocycles. The van der Waals surface area contributed by atoms with E-state index in [4.69, 9.17) is 4.74 Å². The van der Waals surface area contributed by atoms with Crippen molar-refractivity contribution in [2.24, 2.45) is 0 Å². The highest BCUT2D eigenvalue weighted by Gasteiger charge is 2.10. The van der Waals surface area contributed by atoms with Gasteiger partial charge >= 0.3 is 0 Å². The summed E-state index contributed by atoms with van der Waals surface area (Å²) in [5.74, 6) is 0.997. The van der Waals surface area contributed by atoms with Gasteiger partial charge in [0.15, 0.2) is 6.61 Å². The van der Waals surface area contributed by atoms with Crippen LogP contribution < -0.4 is 10.1 Å². The predicted molar refractivity (Wildman–Crippen MR) is 95.2 cm³/mol. The molecule has 122 valence electrons. The SMILES string of the molecule is CCc1ccc(NC(=O)COc2cc(C)ccc2C(C)C)cc1. The molecule has 1 N–H and O–H groups in total. The van der Waals surface area contributed by atoms with Crippen LogP contribution in [0.15, 0.2) is 42.5 Å². The molecule has 0 aromatic heterocycles. The number of hydrogen-bond acceptors (Lipinski definition) is 2. The number of carbonyl (C=O) groups is 1. The van der Waals surface area contributed by atoms with Gasteiger partial charge in [0, 0.05) is 5.69 Å². The van der Waals surface area contributed by atoms with Gasteiger partial charge in [0.25, 0.3) is 5.91 Å². The Morgan fingerprint density at radius 1 is 1.13 bits per heavy atom. The summed E-state index contributed by atoms with van der Waals surface area (Å²) >= 11 is 0. The number of hydrogen-bond donors (Lipinski definition) is 1. The zero-order valence-electron chi connectivity index (χ0n) is 14.3. The van der Waals surface area contributed by atoms with Crippen molar-refractivity contribution in [3.05, 3.63) is 59.2 Å². The summed E-state index contributed by atoms with van der Waals surface area (Å²) in [5.41, 5.74) is 4.29. The Morgan fingerprint density at radius 3 is 2.43 bits per heavy atom. The second kappa shape index (κ2) is 7.82. The first-order valence-electron chi connectivity index (χ1n) is 8.11. The molecule has 0 unspecified atom stereocenters. The lowest BCUT2D eigenvalue weighted by Crippen LogP contribution is -2.20. The summed E-state index contributed by atoms with van der Waals surface area (Å²) in [6.07, 6.45) is 0.989. The molecule has 0 aliphatic rings. The van der Waals surface area contributed by atoms with Crippen LogP contribution in [0.1, 0.15) is 43.4 Å². The van der Waals surface area contributed by atoms with Gasteiger partial charge < -0.3 is 10.1 Å². The number of carbonyl (C=O) groups excluding carboxylic acids is 1. The van der Waals surface area contributed by atoms with E-state index in [0.29, 0.717) is 5.92 Å². The number of rotatable bonds is 6. The summed E-state index contributed by atoms with van der Waals surface area (Å²) in [5, 5.41) is 2.86. The Balaban J connectivity index is 1.97. The van der Waals surface area contributed by atoms with Crippen LogP contribution in [-0.2, 0) is 11.2 Å². The molecule has 0 aliphatic heterocycles. The van der Waals surface area contributed by atoms with E-state index in [-0.39, 0.29) is 12.5 Å². The fourth-order valence-electron chi connectivity index (χ4n) is 2.41. The molecule has 0 radical (unpaired) electrons. The standard InChI is InChI=1S/C20H25NO2/c1-5-16-7-9-17(10-8-16)21-20(22)13-23-19-12-15(4)6-11-18(19)14(2)3/h6-12,14H,5,13H2,1-4H3,(H,21,22). The van der Waals surface area contributed by atoms with Gasteiger partial charge in [0.1, 0.15) is 5.75 Å². The zero-order chi connectivity index (χ0) is 16.8. The number of ether oxygens (including phenoxy) is 1. The average molecular weight is 311 g/mol. The van der Waals surface area contributed by atoms with Gasteiger partial charge in [-0.3, -0.25) is 4.79 Å². The van der Waals surface area contributed by atoms with Gasteiger partial charge in [-0.2, -0.15) is 0 Å². The summed E-state index contributed by atoms with van der Waals surface area (Å²) in [4.78, 5) is 12.1. The van der Waals surface area contributed by atoms with Gasteiger partial charge in [-0.25, -0.2) is 0 Å². The number of anilines is 1. The lowest BCUT2D eigenvalue weighted by molar-refractivity contribution is -0.118. The van der Waals surface area contributed by atoms with Gasteiger partial charge in [0.05, 0.1) is 0 Å². The predicted octanol–water partition coefficient (Wildman–Crippen LogP) is 4.70. The van der Waals surface area contributed by atoms with Crippen LogP contribution in [0.3, 0.4) is 0 Å². The summed E-state index contributed by atoms with van der Waals surface area (Å²) < 4.78 is 5.75. The number of benzene rings is 2. The molecule has 2 rings (SSSR count). The summed E-state index contributed by atoms with van der Waals surface area (Å²) in [6.45, 7) is 8.38. The quantitative estimate of drug-likeness (QED) is 0.840. The molecule has 0 atom stereocenters. The Hall–Kier alpha value is -2.29.